The molecule has 1 aromatic carbocycles. The van der Waals surface area contributed by atoms with Crippen molar-refractivity contribution < 1.29 is 0 Å². The lowest BCUT2D eigenvalue weighted by molar-refractivity contribution is 0.319. The van der Waals surface area contributed by atoms with Crippen LogP contribution in [0.15, 0.2) is 42.6 Å². The Morgan fingerprint density at radius 3 is 2.58 bits per heavy atom. The minimum absolute atomic E-state index is 0.696. The molecule has 3 N–H and O–H groups in total. The number of nitrogen functional groups attached to an aromatic ring is 1. The van der Waals surface area contributed by atoms with Gasteiger partial charge in [0.2, 0.25) is 0 Å². The van der Waals surface area contributed by atoms with Crippen molar-refractivity contribution in [2.75, 3.05) is 12.5 Å². The van der Waals surface area contributed by atoms with Gasteiger partial charge >= 0.3 is 0 Å². The molecule has 0 unspecified atom stereocenters. The summed E-state index contributed by atoms with van der Waals surface area (Å²) in [5.41, 5.74) is 6.38. The van der Waals surface area contributed by atoms with Crippen LogP contribution in [0.2, 0.25) is 0 Å². The predicted octanol–water partition coefficient (Wildman–Crippen LogP) is 2.31. The third-order valence-electron chi connectivity index (χ3n) is 2.96. The summed E-state index contributed by atoms with van der Waals surface area (Å²) < 4.78 is 0. The smallest absolute Gasteiger partial charge is 0.140 e. The summed E-state index contributed by atoms with van der Waals surface area (Å²) in [5.74, 6) is 6.06. The maximum atomic E-state index is 5.36. The van der Waals surface area contributed by atoms with Crippen LogP contribution in [-0.4, -0.2) is 16.9 Å². The maximum absolute atomic E-state index is 5.36. The minimum atomic E-state index is 0.696. The van der Waals surface area contributed by atoms with Gasteiger partial charge in [0.1, 0.15) is 5.82 Å². The third kappa shape index (κ3) is 4.05. The normalized spacial score (nSPS) is 10.7. The van der Waals surface area contributed by atoms with E-state index in [1.54, 1.807) is 6.20 Å². The molecule has 0 aliphatic heterocycles. The zero-order valence-corrected chi connectivity index (χ0v) is 11.4. The highest BCUT2D eigenvalue weighted by molar-refractivity contribution is 5.35. The lowest BCUT2D eigenvalue weighted by Gasteiger charge is -2.17. The second-order valence-corrected chi connectivity index (χ2v) is 4.86. The summed E-state index contributed by atoms with van der Waals surface area (Å²) in [6, 6.07) is 12.6. The van der Waals surface area contributed by atoms with Gasteiger partial charge in [0, 0.05) is 19.3 Å². The van der Waals surface area contributed by atoms with Gasteiger partial charge in [-0.3, -0.25) is 4.90 Å². The van der Waals surface area contributed by atoms with Crippen LogP contribution in [0.1, 0.15) is 16.7 Å². The zero-order chi connectivity index (χ0) is 13.7. The topological polar surface area (TPSA) is 54.2 Å². The highest BCUT2D eigenvalue weighted by Gasteiger charge is 2.03. The molecule has 0 aliphatic carbocycles. The van der Waals surface area contributed by atoms with E-state index in [9.17, 15) is 0 Å². The molecule has 4 heteroatoms. The molecular formula is C15H20N4. The number of nitrogens with two attached hydrogens (primary N) is 1. The second kappa shape index (κ2) is 6.31. The average molecular weight is 256 g/mol. The van der Waals surface area contributed by atoms with E-state index in [-0.39, 0.29) is 0 Å². The number of aromatic nitrogens is 1. The fourth-order valence-electron chi connectivity index (χ4n) is 2.14. The van der Waals surface area contributed by atoms with E-state index in [4.69, 9.17) is 5.84 Å². The van der Waals surface area contributed by atoms with Crippen molar-refractivity contribution in [1.82, 2.24) is 9.88 Å². The summed E-state index contributed by atoms with van der Waals surface area (Å²) >= 11 is 0. The number of benzene rings is 1. The molecule has 0 fully saturated rings. The van der Waals surface area contributed by atoms with Crippen LogP contribution in [0, 0.1) is 6.92 Å². The van der Waals surface area contributed by atoms with E-state index in [1.165, 1.54) is 16.7 Å². The third-order valence-corrected chi connectivity index (χ3v) is 2.96. The predicted molar refractivity (Wildman–Crippen MR) is 78.4 cm³/mol. The molecule has 1 heterocycles. The first-order valence-electron chi connectivity index (χ1n) is 6.33. The molecule has 0 saturated carbocycles. The Labute approximate surface area is 114 Å². The molecule has 0 saturated heterocycles. The second-order valence-electron chi connectivity index (χ2n) is 4.86. The molecule has 4 nitrogen and oxygen atoms in total. The monoisotopic (exact) mass is 256 g/mol. The highest BCUT2D eigenvalue weighted by atomic mass is 15.2. The number of rotatable bonds is 5. The lowest BCUT2D eigenvalue weighted by Crippen LogP contribution is -2.17. The Morgan fingerprint density at radius 1 is 1.16 bits per heavy atom. The van der Waals surface area contributed by atoms with E-state index >= 15 is 0 Å². The molecule has 100 valence electrons. The number of hydrogen-bond acceptors (Lipinski definition) is 4. The number of aryl methyl sites for hydroxylation is 1. The van der Waals surface area contributed by atoms with Crippen LogP contribution in [-0.2, 0) is 13.1 Å². The standard InChI is InChI=1S/C15H20N4/c1-12-4-3-5-13(8-12)10-19(2)11-14-6-7-17-15(9-14)18-16/h3-9H,10-11,16H2,1-2H3,(H,17,18). The van der Waals surface area contributed by atoms with Gasteiger partial charge in [-0.25, -0.2) is 10.8 Å². The molecule has 0 amide bonds. The number of pyridine rings is 1. The van der Waals surface area contributed by atoms with Crippen LogP contribution in [0.3, 0.4) is 0 Å². The average Bonchev–Trinajstić information content (AvgIpc) is 2.38. The number of nitrogens with one attached hydrogen (secondary N) is 1. The van der Waals surface area contributed by atoms with Crippen LogP contribution in [0.4, 0.5) is 5.82 Å². The van der Waals surface area contributed by atoms with Crippen molar-refractivity contribution >= 4 is 5.82 Å². The van der Waals surface area contributed by atoms with Gasteiger partial charge in [-0.2, -0.15) is 0 Å². The first kappa shape index (κ1) is 13.5. The van der Waals surface area contributed by atoms with Crippen LogP contribution in [0.5, 0.6) is 0 Å². The molecular weight excluding hydrogens is 236 g/mol. The fraction of sp³-hybridized carbons (Fsp3) is 0.267. The van der Waals surface area contributed by atoms with E-state index in [0.717, 1.165) is 13.1 Å². The van der Waals surface area contributed by atoms with Gasteiger partial charge in [-0.1, -0.05) is 29.8 Å². The maximum Gasteiger partial charge on any atom is 0.140 e. The summed E-state index contributed by atoms with van der Waals surface area (Å²) in [5, 5.41) is 0. The Bertz CT molecular complexity index is 539. The van der Waals surface area contributed by atoms with Crippen molar-refractivity contribution in [2.24, 2.45) is 5.84 Å². The van der Waals surface area contributed by atoms with Crippen molar-refractivity contribution in [1.29, 1.82) is 0 Å². The van der Waals surface area contributed by atoms with Gasteiger partial charge in [-0.15, -0.1) is 0 Å². The van der Waals surface area contributed by atoms with E-state index < -0.39 is 0 Å². The largest absolute Gasteiger partial charge is 0.308 e. The molecule has 1 aromatic heterocycles. The van der Waals surface area contributed by atoms with Crippen LogP contribution >= 0.6 is 0 Å². The SMILES string of the molecule is Cc1cccc(CN(C)Cc2ccnc(NN)c2)c1. The van der Waals surface area contributed by atoms with Gasteiger partial charge in [0.15, 0.2) is 0 Å². The fourth-order valence-corrected chi connectivity index (χ4v) is 2.14. The van der Waals surface area contributed by atoms with E-state index in [1.807, 2.05) is 12.1 Å². The molecule has 2 rings (SSSR count). The van der Waals surface area contributed by atoms with Crippen LogP contribution in [0.25, 0.3) is 0 Å². The molecule has 19 heavy (non-hydrogen) atoms. The van der Waals surface area contributed by atoms with Gasteiger partial charge in [-0.05, 0) is 37.2 Å². The Morgan fingerprint density at radius 2 is 1.89 bits per heavy atom. The highest BCUT2D eigenvalue weighted by Crippen LogP contribution is 2.11. The number of hydrogen-bond donors (Lipinski definition) is 2. The zero-order valence-electron chi connectivity index (χ0n) is 11.4. The van der Waals surface area contributed by atoms with Crippen molar-refractivity contribution in [3.05, 3.63) is 59.3 Å². The summed E-state index contributed by atoms with van der Waals surface area (Å²) in [6.07, 6.45) is 1.77. The molecule has 0 spiro atoms. The van der Waals surface area contributed by atoms with Gasteiger partial charge in [0.25, 0.3) is 0 Å². The lowest BCUT2D eigenvalue weighted by atomic mass is 10.1. The van der Waals surface area contributed by atoms with Crippen molar-refractivity contribution in [3.63, 3.8) is 0 Å². The molecule has 0 radical (unpaired) electrons. The quantitative estimate of drug-likeness (QED) is 0.636. The van der Waals surface area contributed by atoms with Crippen LogP contribution < -0.4 is 11.3 Å². The van der Waals surface area contributed by atoms with Gasteiger partial charge < -0.3 is 5.43 Å². The summed E-state index contributed by atoms with van der Waals surface area (Å²) in [4.78, 5) is 6.37. The van der Waals surface area contributed by atoms with Crippen molar-refractivity contribution in [2.45, 2.75) is 20.0 Å². The number of nitrogens with zero attached hydrogens (tertiary/aromatic N) is 2. The summed E-state index contributed by atoms with van der Waals surface area (Å²) in [7, 11) is 2.11. The van der Waals surface area contributed by atoms with E-state index in [2.05, 4.69) is 53.5 Å². The molecule has 0 aliphatic rings. The van der Waals surface area contributed by atoms with Crippen molar-refractivity contribution in [3.8, 4) is 0 Å². The Kier molecular flexibility index (Phi) is 4.49. The summed E-state index contributed by atoms with van der Waals surface area (Å²) in [6.45, 7) is 3.91. The molecule has 0 atom stereocenters. The first-order chi connectivity index (χ1) is 9.17. The van der Waals surface area contributed by atoms with E-state index in [0.29, 0.717) is 5.82 Å². The number of anilines is 1. The molecule has 2 aromatic rings. The first-order valence-corrected chi connectivity index (χ1v) is 6.33. The Balaban J connectivity index is 1.98. The number of hydrazine groups is 1. The van der Waals surface area contributed by atoms with Gasteiger partial charge in [0.05, 0.1) is 0 Å². The Hall–Kier alpha value is -1.91. The minimum Gasteiger partial charge on any atom is -0.308 e. The molecule has 0 bridgehead atoms.